The lowest BCUT2D eigenvalue weighted by Gasteiger charge is -2.09. The molecule has 0 aliphatic carbocycles. The lowest BCUT2D eigenvalue weighted by molar-refractivity contribution is -0.135. The second-order valence-corrected chi connectivity index (χ2v) is 3.61. The lowest BCUT2D eigenvalue weighted by atomic mass is 10.2. The van der Waals surface area contributed by atoms with Crippen molar-refractivity contribution in [3.05, 3.63) is 17.4 Å². The van der Waals surface area contributed by atoms with Crippen LogP contribution in [0.15, 0.2) is 17.4 Å². The third-order valence-corrected chi connectivity index (χ3v) is 2.38. The van der Waals surface area contributed by atoms with E-state index in [1.54, 1.807) is 6.92 Å². The average Bonchev–Trinajstić information content (AvgIpc) is 2.43. The van der Waals surface area contributed by atoms with Crippen molar-refractivity contribution in [3.63, 3.8) is 0 Å². The molecule has 7 nitrogen and oxygen atoms in total. The van der Waals surface area contributed by atoms with E-state index in [0.29, 0.717) is 12.0 Å². The van der Waals surface area contributed by atoms with E-state index < -0.39 is 5.97 Å². The summed E-state index contributed by atoms with van der Waals surface area (Å²) >= 11 is 0. The molecular formula is C12H16N2O5. The normalized spacial score (nSPS) is 11.6. The van der Waals surface area contributed by atoms with Gasteiger partial charge in [0.25, 0.3) is 0 Å². The molecule has 0 atom stereocenters. The minimum Gasteiger partial charge on any atom is -0.481 e. The number of hydrogen-bond donors (Lipinski definition) is 1. The van der Waals surface area contributed by atoms with Crippen molar-refractivity contribution in [2.24, 2.45) is 0 Å². The Morgan fingerprint density at radius 1 is 1.26 bits per heavy atom. The third kappa shape index (κ3) is 3.84. The highest BCUT2D eigenvalue weighted by Gasteiger charge is 2.16. The first-order valence-corrected chi connectivity index (χ1v) is 5.59. The lowest BCUT2D eigenvalue weighted by Crippen LogP contribution is -2.12. The van der Waals surface area contributed by atoms with Crippen LogP contribution in [-0.2, 0) is 4.79 Å². The Hall–Kier alpha value is -2.31. The van der Waals surface area contributed by atoms with Crippen molar-refractivity contribution in [1.29, 1.82) is 0 Å². The molecule has 0 saturated carbocycles. The number of hydrogen-bond acceptors (Lipinski definition) is 6. The van der Waals surface area contributed by atoms with Gasteiger partial charge < -0.3 is 19.3 Å². The zero-order valence-corrected chi connectivity index (χ0v) is 11.3. The molecule has 0 saturated heterocycles. The van der Waals surface area contributed by atoms with Gasteiger partial charge in [-0.1, -0.05) is 6.92 Å². The van der Waals surface area contributed by atoms with Gasteiger partial charge in [-0.2, -0.15) is 9.97 Å². The van der Waals surface area contributed by atoms with Crippen molar-refractivity contribution >= 4 is 5.97 Å². The van der Waals surface area contributed by atoms with Crippen LogP contribution in [0.2, 0.25) is 0 Å². The molecule has 1 aromatic rings. The van der Waals surface area contributed by atoms with E-state index in [4.69, 9.17) is 19.3 Å². The first kappa shape index (κ1) is 14.7. The highest BCUT2D eigenvalue weighted by molar-refractivity contribution is 5.85. The van der Waals surface area contributed by atoms with Gasteiger partial charge in [0, 0.05) is 0 Å². The molecule has 0 amide bonds. The van der Waals surface area contributed by atoms with Crippen molar-refractivity contribution in [3.8, 4) is 17.8 Å². The van der Waals surface area contributed by atoms with Crippen molar-refractivity contribution in [2.75, 3.05) is 14.2 Å². The third-order valence-electron chi connectivity index (χ3n) is 2.38. The van der Waals surface area contributed by atoms with Gasteiger partial charge in [-0.25, -0.2) is 4.79 Å². The van der Waals surface area contributed by atoms with Gasteiger partial charge >= 0.3 is 12.0 Å². The van der Waals surface area contributed by atoms with E-state index in [1.165, 1.54) is 20.3 Å². The predicted molar refractivity (Wildman–Crippen MR) is 66.4 cm³/mol. The van der Waals surface area contributed by atoms with Crippen LogP contribution in [-0.4, -0.2) is 35.3 Å². The number of carboxylic acids is 1. The van der Waals surface area contributed by atoms with E-state index in [-0.39, 0.29) is 23.5 Å². The van der Waals surface area contributed by atoms with E-state index in [2.05, 4.69) is 9.97 Å². The Morgan fingerprint density at radius 3 is 2.16 bits per heavy atom. The predicted octanol–water partition coefficient (Wildman–Crippen LogP) is 1.64. The van der Waals surface area contributed by atoms with Crippen molar-refractivity contribution in [1.82, 2.24) is 9.97 Å². The van der Waals surface area contributed by atoms with Gasteiger partial charge in [-0.05, 0) is 18.9 Å². The number of ether oxygens (including phenoxy) is 3. The highest BCUT2D eigenvalue weighted by Crippen LogP contribution is 2.21. The summed E-state index contributed by atoms with van der Waals surface area (Å²) in [6.45, 7) is 3.50. The Morgan fingerprint density at radius 2 is 1.79 bits per heavy atom. The fourth-order valence-corrected chi connectivity index (χ4v) is 1.20. The smallest absolute Gasteiger partial charge is 0.371 e. The molecule has 1 rings (SSSR count). The number of aromatic nitrogens is 2. The molecule has 0 bridgehead atoms. The molecule has 1 heterocycles. The Bertz CT molecular complexity index is 477. The number of rotatable bonds is 6. The standard InChI is InChI=1S/C12H16N2O5/c1-5-7(2)10(11(15)16)19-12-13-8(17-3)6-9(14-12)18-4/h6H,5H2,1-4H3,(H,15,16). The van der Waals surface area contributed by atoms with Crippen LogP contribution in [0.4, 0.5) is 0 Å². The first-order chi connectivity index (χ1) is 9.01. The summed E-state index contributed by atoms with van der Waals surface area (Å²) < 4.78 is 15.1. The zero-order chi connectivity index (χ0) is 14.4. The fraction of sp³-hybridized carbons (Fsp3) is 0.417. The topological polar surface area (TPSA) is 90.8 Å². The summed E-state index contributed by atoms with van der Waals surface area (Å²) in [4.78, 5) is 18.9. The fourth-order valence-electron chi connectivity index (χ4n) is 1.20. The molecule has 0 spiro atoms. The maximum absolute atomic E-state index is 11.1. The number of carbonyl (C=O) groups is 1. The van der Waals surface area contributed by atoms with Gasteiger partial charge in [-0.3, -0.25) is 0 Å². The highest BCUT2D eigenvalue weighted by atomic mass is 16.5. The average molecular weight is 268 g/mol. The molecule has 1 N–H and O–H groups in total. The number of allylic oxidation sites excluding steroid dienone is 1. The molecule has 19 heavy (non-hydrogen) atoms. The molecular weight excluding hydrogens is 252 g/mol. The van der Waals surface area contributed by atoms with Crippen molar-refractivity contribution in [2.45, 2.75) is 20.3 Å². The molecule has 1 aromatic heterocycles. The molecule has 0 unspecified atom stereocenters. The molecule has 0 aliphatic rings. The zero-order valence-electron chi connectivity index (χ0n) is 11.3. The monoisotopic (exact) mass is 268 g/mol. The maximum Gasteiger partial charge on any atom is 0.371 e. The SMILES string of the molecule is CCC(C)=C(Oc1nc(OC)cc(OC)n1)C(=O)O. The van der Waals surface area contributed by atoms with E-state index >= 15 is 0 Å². The van der Waals surface area contributed by atoms with Crippen LogP contribution in [0.3, 0.4) is 0 Å². The Balaban J connectivity index is 3.13. The number of methoxy groups -OCH3 is 2. The van der Waals surface area contributed by atoms with Crippen LogP contribution in [0.1, 0.15) is 20.3 Å². The minimum absolute atomic E-state index is 0.138. The summed E-state index contributed by atoms with van der Waals surface area (Å²) in [5, 5.41) is 9.09. The van der Waals surface area contributed by atoms with Gasteiger partial charge in [0.15, 0.2) is 0 Å². The van der Waals surface area contributed by atoms with Gasteiger partial charge in [0.05, 0.1) is 20.3 Å². The maximum atomic E-state index is 11.1. The largest absolute Gasteiger partial charge is 0.481 e. The van der Waals surface area contributed by atoms with Crippen LogP contribution in [0.25, 0.3) is 0 Å². The van der Waals surface area contributed by atoms with Crippen LogP contribution in [0, 0.1) is 0 Å². The first-order valence-electron chi connectivity index (χ1n) is 5.59. The van der Waals surface area contributed by atoms with Gasteiger partial charge in [0.1, 0.15) is 0 Å². The number of carboxylic acid groups (broad SMARTS) is 1. The van der Waals surface area contributed by atoms with E-state index in [9.17, 15) is 4.79 Å². The Labute approximate surface area is 110 Å². The summed E-state index contributed by atoms with van der Waals surface area (Å²) in [6.07, 6.45) is 0.544. The van der Waals surface area contributed by atoms with Crippen LogP contribution >= 0.6 is 0 Å². The van der Waals surface area contributed by atoms with E-state index in [1.807, 2.05) is 6.92 Å². The summed E-state index contributed by atoms with van der Waals surface area (Å²) in [5.74, 6) is -0.927. The van der Waals surface area contributed by atoms with Gasteiger partial charge in [0.2, 0.25) is 17.5 Å². The summed E-state index contributed by atoms with van der Waals surface area (Å²) in [5.41, 5.74) is 0.581. The van der Waals surface area contributed by atoms with Crippen LogP contribution in [0.5, 0.6) is 17.8 Å². The van der Waals surface area contributed by atoms with Crippen LogP contribution < -0.4 is 14.2 Å². The second-order valence-electron chi connectivity index (χ2n) is 3.61. The number of aliphatic carboxylic acids is 1. The van der Waals surface area contributed by atoms with Crippen molar-refractivity contribution < 1.29 is 24.1 Å². The summed E-state index contributed by atoms with van der Waals surface area (Å²) in [7, 11) is 2.85. The molecule has 0 fully saturated rings. The molecule has 0 aliphatic heterocycles. The molecule has 104 valence electrons. The molecule has 7 heteroatoms. The van der Waals surface area contributed by atoms with Gasteiger partial charge in [-0.15, -0.1) is 0 Å². The second kappa shape index (κ2) is 6.58. The number of nitrogens with zero attached hydrogens (tertiary/aromatic N) is 2. The Kier molecular flexibility index (Phi) is 5.11. The molecule has 0 aromatic carbocycles. The minimum atomic E-state index is -1.18. The van der Waals surface area contributed by atoms with E-state index in [0.717, 1.165) is 0 Å². The molecule has 0 radical (unpaired) electrons. The summed E-state index contributed by atoms with van der Waals surface area (Å²) in [6, 6.07) is 1.32. The quantitative estimate of drug-likeness (QED) is 0.619.